The molecule has 100 valence electrons. The number of sulfonamides is 1. The first-order chi connectivity index (χ1) is 8.34. The van der Waals surface area contributed by atoms with Gasteiger partial charge < -0.3 is 0 Å². The van der Waals surface area contributed by atoms with Gasteiger partial charge in [-0.2, -0.15) is 0 Å². The molecule has 0 atom stereocenters. The quantitative estimate of drug-likeness (QED) is 0.841. The second kappa shape index (κ2) is 4.57. The smallest absolute Gasteiger partial charge is 0.237 e. The summed E-state index contributed by atoms with van der Waals surface area (Å²) in [5.41, 5.74) is 3.01. The van der Waals surface area contributed by atoms with Crippen molar-refractivity contribution in [2.24, 2.45) is 0 Å². The molecule has 0 aliphatic heterocycles. The maximum atomic E-state index is 12.3. The predicted molar refractivity (Wildman–Crippen MR) is 75.6 cm³/mol. The van der Waals surface area contributed by atoms with Crippen LogP contribution in [-0.2, 0) is 10.0 Å². The van der Waals surface area contributed by atoms with Gasteiger partial charge >= 0.3 is 0 Å². The lowest BCUT2D eigenvalue weighted by Crippen LogP contribution is -2.30. The van der Waals surface area contributed by atoms with E-state index < -0.39 is 10.0 Å². The molecule has 1 aromatic carbocycles. The minimum absolute atomic E-state index is 0.164. The number of anilines is 1. The van der Waals surface area contributed by atoms with E-state index in [4.69, 9.17) is 0 Å². The Hall–Kier alpha value is -1.03. The molecule has 0 spiro atoms. The molecule has 1 saturated carbocycles. The van der Waals surface area contributed by atoms with Crippen LogP contribution < -0.4 is 4.31 Å². The number of rotatable bonds is 4. The average molecular weight is 267 g/mol. The Morgan fingerprint density at radius 1 is 1.28 bits per heavy atom. The van der Waals surface area contributed by atoms with Crippen molar-refractivity contribution in [3.05, 3.63) is 29.3 Å². The fraction of sp³-hybridized carbons (Fsp3) is 0.571. The van der Waals surface area contributed by atoms with Crippen LogP contribution in [0.5, 0.6) is 0 Å². The highest BCUT2D eigenvalue weighted by atomic mass is 32.2. The van der Waals surface area contributed by atoms with Gasteiger partial charge in [0.25, 0.3) is 0 Å². The zero-order valence-corrected chi connectivity index (χ0v) is 12.3. The van der Waals surface area contributed by atoms with Gasteiger partial charge in [0.2, 0.25) is 10.0 Å². The average Bonchev–Trinajstić information content (AvgIpc) is 3.11. The Morgan fingerprint density at radius 2 is 1.89 bits per heavy atom. The maximum Gasteiger partial charge on any atom is 0.237 e. The van der Waals surface area contributed by atoms with Crippen LogP contribution in [0.1, 0.15) is 43.7 Å². The minimum Gasteiger partial charge on any atom is -0.273 e. The Balaban J connectivity index is 2.46. The van der Waals surface area contributed by atoms with Crippen molar-refractivity contribution >= 4 is 15.7 Å². The number of hydrogen-bond acceptors (Lipinski definition) is 2. The Labute approximate surface area is 110 Å². The lowest BCUT2D eigenvalue weighted by atomic mass is 9.99. The van der Waals surface area contributed by atoms with Crippen LogP contribution in [0.15, 0.2) is 18.2 Å². The molecule has 1 fully saturated rings. The van der Waals surface area contributed by atoms with Crippen molar-refractivity contribution in [3.63, 3.8) is 0 Å². The normalized spacial score (nSPS) is 16.1. The molecule has 1 aliphatic rings. The van der Waals surface area contributed by atoms with Crippen LogP contribution in [0, 0.1) is 6.92 Å². The molecule has 4 heteroatoms. The van der Waals surface area contributed by atoms with E-state index in [0.29, 0.717) is 5.92 Å². The summed E-state index contributed by atoms with van der Waals surface area (Å²) in [4.78, 5) is 0. The van der Waals surface area contributed by atoms with Gasteiger partial charge in [-0.1, -0.05) is 26.0 Å². The lowest BCUT2D eigenvalue weighted by Gasteiger charge is -2.24. The summed E-state index contributed by atoms with van der Waals surface area (Å²) in [5.74, 6) is 0.317. The molecular formula is C14H21NO2S. The van der Waals surface area contributed by atoms with Gasteiger partial charge in [-0.3, -0.25) is 4.31 Å². The molecule has 0 bridgehead atoms. The van der Waals surface area contributed by atoms with E-state index in [-0.39, 0.29) is 5.25 Å². The van der Waals surface area contributed by atoms with Gasteiger partial charge in [0.05, 0.1) is 10.9 Å². The van der Waals surface area contributed by atoms with Crippen LogP contribution >= 0.6 is 0 Å². The molecule has 0 saturated heterocycles. The Morgan fingerprint density at radius 3 is 2.39 bits per heavy atom. The second-order valence-corrected chi connectivity index (χ2v) is 7.67. The first-order valence-corrected chi connectivity index (χ1v) is 7.92. The summed E-state index contributed by atoms with van der Waals surface area (Å²) in [6.45, 7) is 6.17. The highest BCUT2D eigenvalue weighted by Gasteiger charge is 2.39. The summed E-state index contributed by atoms with van der Waals surface area (Å²) < 4.78 is 26.1. The van der Waals surface area contributed by atoms with E-state index in [0.717, 1.165) is 29.7 Å². The summed E-state index contributed by atoms with van der Waals surface area (Å²) in [6, 6.07) is 6.04. The van der Waals surface area contributed by atoms with Gasteiger partial charge in [0, 0.05) is 7.05 Å². The van der Waals surface area contributed by atoms with Gasteiger partial charge in [0.1, 0.15) is 0 Å². The van der Waals surface area contributed by atoms with E-state index >= 15 is 0 Å². The molecule has 0 N–H and O–H groups in total. The molecule has 3 nitrogen and oxygen atoms in total. The fourth-order valence-electron chi connectivity index (χ4n) is 2.14. The summed E-state index contributed by atoms with van der Waals surface area (Å²) in [7, 11) is -1.48. The zero-order chi connectivity index (χ0) is 13.5. The highest BCUT2D eigenvalue weighted by Crippen LogP contribution is 2.36. The van der Waals surface area contributed by atoms with Crippen LogP contribution in [0.4, 0.5) is 5.69 Å². The van der Waals surface area contributed by atoms with Crippen LogP contribution in [0.3, 0.4) is 0 Å². The van der Waals surface area contributed by atoms with Crippen molar-refractivity contribution in [3.8, 4) is 0 Å². The summed E-state index contributed by atoms with van der Waals surface area (Å²) >= 11 is 0. The first-order valence-electron chi connectivity index (χ1n) is 6.42. The molecule has 2 rings (SSSR count). The van der Waals surface area contributed by atoms with E-state index in [1.807, 2.05) is 25.1 Å². The first kappa shape index (κ1) is 13.4. The van der Waals surface area contributed by atoms with Gasteiger partial charge in [-0.05, 0) is 42.9 Å². The Kier molecular flexibility index (Phi) is 3.41. The molecule has 1 aromatic rings. The standard InChI is InChI=1S/C14H21NO2S/c1-10(2)13-8-5-11(3)9-14(13)15(4)18(16,17)12-6-7-12/h5,8-10,12H,6-7H2,1-4H3. The monoisotopic (exact) mass is 267 g/mol. The third-order valence-corrected chi connectivity index (χ3v) is 5.75. The van der Waals surface area contributed by atoms with Crippen molar-refractivity contribution < 1.29 is 8.42 Å². The number of aryl methyl sites for hydroxylation is 1. The van der Waals surface area contributed by atoms with E-state index in [1.165, 1.54) is 4.31 Å². The third-order valence-electron chi connectivity index (χ3n) is 3.47. The fourth-order valence-corrected chi connectivity index (χ4v) is 3.75. The van der Waals surface area contributed by atoms with Crippen molar-refractivity contribution in [2.45, 2.75) is 44.8 Å². The van der Waals surface area contributed by atoms with Crippen LogP contribution in [-0.4, -0.2) is 20.7 Å². The molecule has 0 radical (unpaired) electrons. The van der Waals surface area contributed by atoms with Crippen LogP contribution in [0.25, 0.3) is 0 Å². The number of benzene rings is 1. The van der Waals surface area contributed by atoms with Gasteiger partial charge in [-0.15, -0.1) is 0 Å². The molecule has 0 unspecified atom stereocenters. The molecular weight excluding hydrogens is 246 g/mol. The second-order valence-electron chi connectivity index (χ2n) is 5.43. The predicted octanol–water partition coefficient (Wildman–Crippen LogP) is 3.05. The van der Waals surface area contributed by atoms with Crippen molar-refractivity contribution in [1.82, 2.24) is 0 Å². The summed E-state index contributed by atoms with van der Waals surface area (Å²) in [6.07, 6.45) is 1.60. The third kappa shape index (κ3) is 2.39. The van der Waals surface area contributed by atoms with Crippen LogP contribution in [0.2, 0.25) is 0 Å². The zero-order valence-electron chi connectivity index (χ0n) is 11.5. The number of nitrogens with zero attached hydrogens (tertiary/aromatic N) is 1. The van der Waals surface area contributed by atoms with E-state index in [2.05, 4.69) is 13.8 Å². The lowest BCUT2D eigenvalue weighted by molar-refractivity contribution is 0.593. The molecule has 0 heterocycles. The largest absolute Gasteiger partial charge is 0.273 e. The van der Waals surface area contributed by atoms with Crippen molar-refractivity contribution in [2.75, 3.05) is 11.4 Å². The van der Waals surface area contributed by atoms with Gasteiger partial charge in [0.15, 0.2) is 0 Å². The van der Waals surface area contributed by atoms with Gasteiger partial charge in [-0.25, -0.2) is 8.42 Å². The van der Waals surface area contributed by atoms with E-state index in [1.54, 1.807) is 7.05 Å². The molecule has 0 amide bonds. The van der Waals surface area contributed by atoms with E-state index in [9.17, 15) is 8.42 Å². The van der Waals surface area contributed by atoms with Crippen molar-refractivity contribution in [1.29, 1.82) is 0 Å². The maximum absolute atomic E-state index is 12.3. The highest BCUT2D eigenvalue weighted by molar-refractivity contribution is 7.93. The SMILES string of the molecule is Cc1ccc(C(C)C)c(N(C)S(=O)(=O)C2CC2)c1. The molecule has 18 heavy (non-hydrogen) atoms. The summed E-state index contributed by atoms with van der Waals surface area (Å²) in [5, 5.41) is -0.164. The number of hydrogen-bond donors (Lipinski definition) is 0. The minimum atomic E-state index is -3.16. The topological polar surface area (TPSA) is 37.4 Å². The molecule has 1 aliphatic carbocycles. The Bertz CT molecular complexity index is 545. The molecule has 0 aromatic heterocycles.